The first-order valence-electron chi connectivity index (χ1n) is 13.0. The van der Waals surface area contributed by atoms with Crippen molar-refractivity contribution in [1.29, 1.82) is 0 Å². The maximum absolute atomic E-state index is 6.11. The minimum Gasteiger partial charge on any atom is -0.494 e. The molecule has 0 amide bonds. The first-order chi connectivity index (χ1) is 16.8. The number of unbranched alkanes of at least 4 members (excludes halogenated alkanes) is 1. The lowest BCUT2D eigenvalue weighted by Gasteiger charge is -2.34. The molecule has 1 aliphatic carbocycles. The van der Waals surface area contributed by atoms with E-state index in [9.17, 15) is 0 Å². The molecule has 0 N–H and O–H groups in total. The van der Waals surface area contributed by atoms with Crippen LogP contribution in [0.25, 0.3) is 0 Å². The lowest BCUT2D eigenvalue weighted by atomic mass is 9.69. The van der Waals surface area contributed by atoms with Crippen molar-refractivity contribution in [1.82, 2.24) is 9.80 Å². The third-order valence-corrected chi connectivity index (χ3v) is 7.72. The summed E-state index contributed by atoms with van der Waals surface area (Å²) < 4.78 is 6.11. The summed E-state index contributed by atoms with van der Waals surface area (Å²) in [5.74, 6) is 1.89. The van der Waals surface area contributed by atoms with Crippen molar-refractivity contribution >= 4 is 0 Å². The number of hydrogen-bond acceptors (Lipinski definition) is 3. The van der Waals surface area contributed by atoms with Crippen molar-refractivity contribution < 1.29 is 4.74 Å². The Labute approximate surface area is 205 Å². The molecule has 1 fully saturated rings. The van der Waals surface area contributed by atoms with E-state index in [1.54, 1.807) is 0 Å². The van der Waals surface area contributed by atoms with Gasteiger partial charge < -0.3 is 14.5 Å². The molecule has 5 rings (SSSR count). The van der Waals surface area contributed by atoms with E-state index < -0.39 is 0 Å². The molecule has 1 saturated heterocycles. The molecule has 178 valence electrons. The topological polar surface area (TPSA) is 15.7 Å². The minimum atomic E-state index is 0.394. The smallest absolute Gasteiger partial charge is 0.119 e. The Morgan fingerprint density at radius 1 is 0.765 bits per heavy atom. The highest BCUT2D eigenvalue weighted by Gasteiger charge is 2.31. The van der Waals surface area contributed by atoms with E-state index in [1.807, 2.05) is 0 Å². The third kappa shape index (κ3) is 5.54. The van der Waals surface area contributed by atoms with E-state index in [2.05, 4.69) is 95.7 Å². The summed E-state index contributed by atoms with van der Waals surface area (Å²) >= 11 is 0. The van der Waals surface area contributed by atoms with Crippen LogP contribution in [0.5, 0.6) is 5.75 Å². The molecule has 3 nitrogen and oxygen atoms in total. The van der Waals surface area contributed by atoms with Gasteiger partial charge in [0.15, 0.2) is 0 Å². The van der Waals surface area contributed by atoms with Crippen LogP contribution in [-0.2, 0) is 6.42 Å². The van der Waals surface area contributed by atoms with Crippen LogP contribution in [0.15, 0.2) is 78.9 Å². The van der Waals surface area contributed by atoms with Gasteiger partial charge in [-0.25, -0.2) is 0 Å². The van der Waals surface area contributed by atoms with Crippen LogP contribution < -0.4 is 4.74 Å². The molecule has 1 heterocycles. The van der Waals surface area contributed by atoms with Gasteiger partial charge in [0.25, 0.3) is 0 Å². The van der Waals surface area contributed by atoms with Gasteiger partial charge in [-0.05, 0) is 79.6 Å². The van der Waals surface area contributed by atoms with Gasteiger partial charge in [0.05, 0.1) is 6.61 Å². The van der Waals surface area contributed by atoms with E-state index in [4.69, 9.17) is 4.74 Å². The van der Waals surface area contributed by atoms with Crippen LogP contribution in [-0.4, -0.2) is 56.2 Å². The van der Waals surface area contributed by atoms with Crippen molar-refractivity contribution in [3.05, 3.63) is 101 Å². The fraction of sp³-hybridized carbons (Fsp3) is 0.419. The number of nitrogens with zero attached hydrogens (tertiary/aromatic N) is 2. The summed E-state index contributed by atoms with van der Waals surface area (Å²) in [5, 5.41) is 0. The Morgan fingerprint density at radius 3 is 2.29 bits per heavy atom. The van der Waals surface area contributed by atoms with Crippen molar-refractivity contribution in [2.75, 3.05) is 46.4 Å². The molecule has 3 aromatic rings. The number of hydrogen-bond donors (Lipinski definition) is 0. The quantitative estimate of drug-likeness (QED) is 0.391. The third-order valence-electron chi connectivity index (χ3n) is 7.72. The zero-order valence-corrected chi connectivity index (χ0v) is 20.5. The van der Waals surface area contributed by atoms with E-state index in [1.165, 1.54) is 67.8 Å². The van der Waals surface area contributed by atoms with E-state index in [-0.39, 0.29) is 0 Å². The SMILES string of the molecule is CN1CCN(CCCCOc2ccc(C3c4ccccc4CCC3c3ccccc3)cc2)CC1. The zero-order chi connectivity index (χ0) is 23.2. The predicted molar refractivity (Wildman–Crippen MR) is 141 cm³/mol. The molecule has 1 aliphatic heterocycles. The summed E-state index contributed by atoms with van der Waals surface area (Å²) in [6, 6.07) is 29.0. The summed E-state index contributed by atoms with van der Waals surface area (Å²) in [4.78, 5) is 5.00. The summed E-state index contributed by atoms with van der Waals surface area (Å²) in [6.07, 6.45) is 4.67. The number of likely N-dealkylation sites (N-methyl/N-ethyl adjacent to an activating group) is 1. The van der Waals surface area contributed by atoms with Crippen LogP contribution in [0.4, 0.5) is 0 Å². The van der Waals surface area contributed by atoms with Gasteiger partial charge in [-0.2, -0.15) is 0 Å². The first kappa shape index (κ1) is 23.1. The Kier molecular flexibility index (Phi) is 7.62. The molecular formula is C31H38N2O. The summed E-state index contributed by atoms with van der Waals surface area (Å²) in [5.41, 5.74) is 5.83. The largest absolute Gasteiger partial charge is 0.494 e. The normalized spacial score (nSPS) is 21.2. The number of benzene rings is 3. The van der Waals surface area contributed by atoms with Crippen LogP contribution in [0.1, 0.15) is 53.4 Å². The fourth-order valence-electron chi connectivity index (χ4n) is 5.70. The molecule has 2 aliphatic rings. The molecule has 2 unspecified atom stereocenters. The molecule has 0 radical (unpaired) electrons. The molecule has 0 aromatic heterocycles. The second-order valence-corrected chi connectivity index (χ2v) is 10.0. The fourth-order valence-corrected chi connectivity index (χ4v) is 5.70. The van der Waals surface area contributed by atoms with Crippen LogP contribution >= 0.6 is 0 Å². The highest BCUT2D eigenvalue weighted by atomic mass is 16.5. The molecule has 3 aromatic carbocycles. The molecule has 0 spiro atoms. The Hall–Kier alpha value is -2.62. The monoisotopic (exact) mass is 454 g/mol. The minimum absolute atomic E-state index is 0.394. The lowest BCUT2D eigenvalue weighted by molar-refractivity contribution is 0.150. The molecule has 0 saturated carbocycles. The standard InChI is InChI=1S/C31H38N2O/c1-32-20-22-33(23-21-32)19-7-8-24-34-28-16-13-27(14-17-28)31-29-12-6-5-11-26(29)15-18-30(31)25-9-3-2-4-10-25/h2-6,9-14,16-17,30-31H,7-8,15,18-24H2,1H3. The van der Waals surface area contributed by atoms with Gasteiger partial charge in [0.1, 0.15) is 5.75 Å². The number of ether oxygens (including phenoxy) is 1. The van der Waals surface area contributed by atoms with Gasteiger partial charge in [0.2, 0.25) is 0 Å². The van der Waals surface area contributed by atoms with Crippen LogP contribution in [0.2, 0.25) is 0 Å². The summed E-state index contributed by atoms with van der Waals surface area (Å²) in [7, 11) is 2.21. The van der Waals surface area contributed by atoms with E-state index in [0.29, 0.717) is 11.8 Å². The zero-order valence-electron chi connectivity index (χ0n) is 20.5. The highest BCUT2D eigenvalue weighted by molar-refractivity contribution is 5.45. The average Bonchev–Trinajstić information content (AvgIpc) is 2.90. The van der Waals surface area contributed by atoms with E-state index in [0.717, 1.165) is 25.2 Å². The van der Waals surface area contributed by atoms with Crippen molar-refractivity contribution in [2.45, 2.75) is 37.5 Å². The maximum Gasteiger partial charge on any atom is 0.119 e. The van der Waals surface area contributed by atoms with Crippen molar-refractivity contribution in [3.8, 4) is 5.75 Å². The van der Waals surface area contributed by atoms with Gasteiger partial charge >= 0.3 is 0 Å². The van der Waals surface area contributed by atoms with Crippen LogP contribution in [0.3, 0.4) is 0 Å². The average molecular weight is 455 g/mol. The molecule has 0 bridgehead atoms. The van der Waals surface area contributed by atoms with Gasteiger partial charge in [-0.3, -0.25) is 0 Å². The van der Waals surface area contributed by atoms with Gasteiger partial charge in [-0.15, -0.1) is 0 Å². The first-order valence-corrected chi connectivity index (χ1v) is 13.0. The van der Waals surface area contributed by atoms with Crippen molar-refractivity contribution in [3.63, 3.8) is 0 Å². The Balaban J connectivity index is 1.21. The number of fused-ring (bicyclic) bond motifs is 1. The molecule has 34 heavy (non-hydrogen) atoms. The maximum atomic E-state index is 6.11. The van der Waals surface area contributed by atoms with E-state index >= 15 is 0 Å². The second kappa shape index (κ2) is 11.2. The molecular weight excluding hydrogens is 416 g/mol. The summed E-state index contributed by atoms with van der Waals surface area (Å²) in [6.45, 7) is 6.78. The van der Waals surface area contributed by atoms with Gasteiger partial charge in [-0.1, -0.05) is 66.7 Å². The number of piperazine rings is 1. The Bertz CT molecular complexity index is 1020. The second-order valence-electron chi connectivity index (χ2n) is 10.0. The Morgan fingerprint density at radius 2 is 1.50 bits per heavy atom. The predicted octanol–water partition coefficient (Wildman–Crippen LogP) is 5.95. The van der Waals surface area contributed by atoms with Crippen LogP contribution in [0, 0.1) is 0 Å². The molecule has 3 heteroatoms. The molecule has 2 atom stereocenters. The van der Waals surface area contributed by atoms with Gasteiger partial charge in [0, 0.05) is 32.1 Å². The lowest BCUT2D eigenvalue weighted by Crippen LogP contribution is -2.44. The highest BCUT2D eigenvalue weighted by Crippen LogP contribution is 2.46. The number of aryl methyl sites for hydroxylation is 1. The number of rotatable bonds is 8. The van der Waals surface area contributed by atoms with Crippen molar-refractivity contribution in [2.24, 2.45) is 0 Å².